The van der Waals surface area contributed by atoms with Gasteiger partial charge in [0.1, 0.15) is 5.97 Å². The predicted molar refractivity (Wildman–Crippen MR) is 45.7 cm³/mol. The van der Waals surface area contributed by atoms with Crippen molar-refractivity contribution in [2.75, 3.05) is 13.1 Å². The molecule has 0 aromatic heterocycles. The molecule has 6 heteroatoms. The first-order valence-electron chi connectivity index (χ1n) is 4.94. The van der Waals surface area contributed by atoms with Gasteiger partial charge in [0.05, 0.1) is 13.1 Å². The number of carboxylic acid groups (broad SMARTS) is 1. The summed E-state index contributed by atoms with van der Waals surface area (Å²) in [5.41, 5.74) is 0. The maximum absolute atomic E-state index is 10.5. The molecule has 0 aliphatic carbocycles. The molecule has 0 radical (unpaired) electrons. The van der Waals surface area contributed by atoms with Crippen molar-refractivity contribution in [2.45, 2.75) is 32.4 Å². The maximum atomic E-state index is 10.5. The van der Waals surface area contributed by atoms with Crippen molar-refractivity contribution in [2.24, 2.45) is 5.92 Å². The molecule has 15 heavy (non-hydrogen) atoms. The second-order valence-corrected chi connectivity index (χ2v) is 3.69. The summed E-state index contributed by atoms with van der Waals surface area (Å²) in [5.74, 6) is -2.01. The number of hydrogen-bond donors (Lipinski definition) is 1. The van der Waals surface area contributed by atoms with E-state index in [1.807, 2.05) is 0 Å². The van der Waals surface area contributed by atoms with Crippen LogP contribution >= 0.6 is 0 Å². The summed E-state index contributed by atoms with van der Waals surface area (Å²) in [4.78, 5) is 8.78. The molecule has 0 amide bonds. The number of carbonyl (C=O) groups is 1. The highest BCUT2D eigenvalue weighted by Crippen LogP contribution is 2.11. The van der Waals surface area contributed by atoms with Gasteiger partial charge in [-0.15, -0.1) is 0 Å². The Morgan fingerprint density at radius 1 is 1.33 bits per heavy atom. The van der Waals surface area contributed by atoms with Crippen LogP contribution in [0.1, 0.15) is 26.2 Å². The molecule has 1 atom stereocenters. The highest BCUT2D eigenvalue weighted by molar-refractivity contribution is 5.70. The van der Waals surface area contributed by atoms with Crippen LogP contribution in [0.4, 0.5) is 13.2 Å². The lowest BCUT2D eigenvalue weighted by molar-refractivity contribution is -0.653. The third kappa shape index (κ3) is 8.23. The molecule has 1 unspecified atom stereocenters. The van der Waals surface area contributed by atoms with Crippen molar-refractivity contribution < 1.29 is 28.4 Å². The van der Waals surface area contributed by atoms with Crippen LogP contribution in [0.25, 0.3) is 0 Å². The predicted octanol–water partition coefficient (Wildman–Crippen LogP) is -0.332. The van der Waals surface area contributed by atoms with E-state index in [0.717, 1.165) is 5.92 Å². The van der Waals surface area contributed by atoms with Crippen LogP contribution in [0, 0.1) is 5.92 Å². The monoisotopic (exact) mass is 227 g/mol. The van der Waals surface area contributed by atoms with Crippen molar-refractivity contribution >= 4 is 5.97 Å². The van der Waals surface area contributed by atoms with Gasteiger partial charge in [0.15, 0.2) is 0 Å². The largest absolute Gasteiger partial charge is 0.542 e. The normalized spacial score (nSPS) is 22.3. The van der Waals surface area contributed by atoms with Gasteiger partial charge in [0.2, 0.25) is 0 Å². The highest BCUT2D eigenvalue weighted by atomic mass is 19.4. The van der Waals surface area contributed by atoms with E-state index in [1.165, 1.54) is 32.4 Å². The minimum absolute atomic E-state index is 0.994. The van der Waals surface area contributed by atoms with Gasteiger partial charge in [-0.25, -0.2) is 0 Å². The smallest absolute Gasteiger partial charge is 0.430 e. The Morgan fingerprint density at radius 2 is 1.87 bits per heavy atom. The standard InChI is InChI=1S/C7H15N.C2HF3O2/c1-7-3-2-5-8-6-4-7;3-2(4,5)1(6)7/h7-8H,2-6H2,1H3;(H,6,7). The zero-order chi connectivity index (χ0) is 11.9. The molecule has 1 aliphatic heterocycles. The lowest BCUT2D eigenvalue weighted by atomic mass is 10.0. The molecular formula is C9H16F3NO2. The molecule has 2 N–H and O–H groups in total. The van der Waals surface area contributed by atoms with Crippen molar-refractivity contribution in [3.8, 4) is 0 Å². The molecule has 1 heterocycles. The highest BCUT2D eigenvalue weighted by Gasteiger charge is 2.28. The minimum Gasteiger partial charge on any atom is -0.542 e. The maximum Gasteiger partial charge on any atom is 0.430 e. The van der Waals surface area contributed by atoms with Crippen LogP contribution in [0.5, 0.6) is 0 Å². The number of carbonyl (C=O) groups excluding carboxylic acids is 1. The lowest BCUT2D eigenvalue weighted by Gasteiger charge is -2.03. The molecule has 0 aromatic rings. The van der Waals surface area contributed by atoms with E-state index in [0.29, 0.717) is 0 Å². The first-order chi connectivity index (χ1) is 6.84. The number of rotatable bonds is 0. The Kier molecular flexibility index (Phi) is 6.31. The fourth-order valence-corrected chi connectivity index (χ4v) is 1.30. The topological polar surface area (TPSA) is 56.7 Å². The van der Waals surface area contributed by atoms with Crippen molar-refractivity contribution in [3.05, 3.63) is 0 Å². The second kappa shape index (κ2) is 6.66. The van der Waals surface area contributed by atoms with E-state index >= 15 is 0 Å². The Morgan fingerprint density at radius 3 is 2.33 bits per heavy atom. The average Bonchev–Trinajstić information content (AvgIpc) is 2.32. The molecule has 1 fully saturated rings. The number of halogens is 3. The molecule has 0 saturated carbocycles. The van der Waals surface area contributed by atoms with Crippen LogP contribution in [0.3, 0.4) is 0 Å². The summed E-state index contributed by atoms with van der Waals surface area (Å²) in [6.45, 7) is 5.09. The van der Waals surface area contributed by atoms with Crippen molar-refractivity contribution in [1.82, 2.24) is 0 Å². The van der Waals surface area contributed by atoms with E-state index in [9.17, 15) is 13.2 Å². The summed E-state index contributed by atoms with van der Waals surface area (Å²) in [6, 6.07) is 0. The first kappa shape index (κ1) is 14.2. The second-order valence-electron chi connectivity index (χ2n) is 3.69. The molecule has 0 bridgehead atoms. The summed E-state index contributed by atoms with van der Waals surface area (Å²) in [5, 5.41) is 11.2. The Labute approximate surface area is 86.7 Å². The van der Waals surface area contributed by atoms with E-state index in [-0.39, 0.29) is 0 Å². The van der Waals surface area contributed by atoms with Crippen molar-refractivity contribution in [1.29, 1.82) is 0 Å². The molecule has 3 nitrogen and oxygen atoms in total. The fourth-order valence-electron chi connectivity index (χ4n) is 1.30. The molecule has 0 spiro atoms. The van der Waals surface area contributed by atoms with Crippen LogP contribution in [0.2, 0.25) is 0 Å². The van der Waals surface area contributed by atoms with E-state index in [4.69, 9.17) is 9.90 Å². The van der Waals surface area contributed by atoms with Crippen molar-refractivity contribution in [3.63, 3.8) is 0 Å². The molecule has 0 aromatic carbocycles. The van der Waals surface area contributed by atoms with Gasteiger partial charge in [-0.1, -0.05) is 6.92 Å². The number of alkyl halides is 3. The Bertz CT molecular complexity index is 186. The average molecular weight is 227 g/mol. The molecule has 90 valence electrons. The Balaban J connectivity index is 0.000000265. The van der Waals surface area contributed by atoms with Crippen LogP contribution < -0.4 is 10.4 Å². The van der Waals surface area contributed by atoms with Crippen LogP contribution in [-0.4, -0.2) is 25.2 Å². The number of aliphatic carboxylic acids is 1. The number of nitrogens with two attached hydrogens (primary N) is 1. The third-order valence-electron chi connectivity index (χ3n) is 2.20. The zero-order valence-electron chi connectivity index (χ0n) is 8.64. The number of quaternary nitrogens is 1. The molecule has 1 saturated heterocycles. The van der Waals surface area contributed by atoms with E-state index in [2.05, 4.69) is 12.2 Å². The number of carboxylic acids is 1. The fraction of sp³-hybridized carbons (Fsp3) is 0.889. The SMILES string of the molecule is CC1CCC[NH2+]CC1.O=C([O-])C(F)(F)F. The zero-order valence-corrected chi connectivity index (χ0v) is 8.64. The van der Waals surface area contributed by atoms with Crippen LogP contribution in [-0.2, 0) is 4.79 Å². The van der Waals surface area contributed by atoms with Crippen LogP contribution in [0.15, 0.2) is 0 Å². The van der Waals surface area contributed by atoms with Gasteiger partial charge < -0.3 is 15.2 Å². The van der Waals surface area contributed by atoms with E-state index in [1.54, 1.807) is 0 Å². The van der Waals surface area contributed by atoms with Gasteiger partial charge >= 0.3 is 6.18 Å². The van der Waals surface area contributed by atoms with Gasteiger partial charge in [-0.3, -0.25) is 0 Å². The molecule has 1 rings (SSSR count). The summed E-state index contributed by atoms with van der Waals surface area (Å²) < 4.78 is 31.5. The number of hydrogen-bond acceptors (Lipinski definition) is 2. The third-order valence-corrected chi connectivity index (χ3v) is 2.20. The minimum atomic E-state index is -5.19. The summed E-state index contributed by atoms with van der Waals surface area (Å²) in [7, 11) is 0. The molecule has 1 aliphatic rings. The summed E-state index contributed by atoms with van der Waals surface area (Å²) >= 11 is 0. The first-order valence-corrected chi connectivity index (χ1v) is 4.94. The van der Waals surface area contributed by atoms with Gasteiger partial charge in [0, 0.05) is 0 Å². The summed E-state index contributed by atoms with van der Waals surface area (Å²) in [6.07, 6.45) is -0.877. The van der Waals surface area contributed by atoms with Gasteiger partial charge in [-0.2, -0.15) is 13.2 Å². The Hall–Kier alpha value is -0.780. The lowest BCUT2D eigenvalue weighted by Crippen LogP contribution is -2.83. The van der Waals surface area contributed by atoms with Gasteiger partial charge in [-0.05, 0) is 25.2 Å². The quantitative estimate of drug-likeness (QED) is 0.616. The van der Waals surface area contributed by atoms with Gasteiger partial charge in [0.25, 0.3) is 0 Å². The van der Waals surface area contributed by atoms with E-state index < -0.39 is 12.1 Å². The molecular weight excluding hydrogens is 211 g/mol.